The maximum atomic E-state index is 14.1. The summed E-state index contributed by atoms with van der Waals surface area (Å²) in [6.45, 7) is 4.29. The number of rotatable bonds is 5. The van der Waals surface area contributed by atoms with E-state index in [1.54, 1.807) is 18.2 Å². The van der Waals surface area contributed by atoms with Gasteiger partial charge in [0.05, 0.1) is 47.2 Å². The Morgan fingerprint density at radius 3 is 2.73 bits per heavy atom. The fourth-order valence-electron chi connectivity index (χ4n) is 9.92. The lowest BCUT2D eigenvalue weighted by Gasteiger charge is -2.61. The van der Waals surface area contributed by atoms with E-state index in [0.29, 0.717) is 24.8 Å². The average Bonchev–Trinajstić information content (AvgIpc) is 3.70. The molecule has 2 aromatic heterocycles. The van der Waals surface area contributed by atoms with Crippen molar-refractivity contribution >= 4 is 28.9 Å². The lowest BCUT2D eigenvalue weighted by Crippen LogP contribution is -2.60. The molecule has 0 saturated heterocycles. The summed E-state index contributed by atoms with van der Waals surface area (Å²) in [6.07, 6.45) is 8.57. The molecule has 3 saturated carbocycles. The van der Waals surface area contributed by atoms with Crippen molar-refractivity contribution in [1.82, 2.24) is 9.78 Å². The van der Waals surface area contributed by atoms with Crippen molar-refractivity contribution in [3.63, 3.8) is 0 Å². The van der Waals surface area contributed by atoms with Crippen LogP contribution in [0.2, 0.25) is 0 Å². The van der Waals surface area contributed by atoms with Crippen LogP contribution in [0.1, 0.15) is 73.3 Å². The number of allylic oxidation sites excluding steroid dienone is 1. The molecular formula is C34H34FN3O5S. The van der Waals surface area contributed by atoms with E-state index in [4.69, 9.17) is 4.42 Å². The molecule has 7 atom stereocenters. The number of nitrogens with zero attached hydrogens (tertiary/aromatic N) is 3. The Balaban J connectivity index is 1.28. The van der Waals surface area contributed by atoms with Crippen LogP contribution < -0.4 is 0 Å². The third-order valence-corrected chi connectivity index (χ3v) is 12.5. The first-order valence-electron chi connectivity index (χ1n) is 15.1. The van der Waals surface area contributed by atoms with Gasteiger partial charge in [-0.25, -0.2) is 13.9 Å². The molecule has 0 unspecified atom stereocenters. The minimum atomic E-state index is -1.23. The van der Waals surface area contributed by atoms with E-state index in [0.717, 1.165) is 48.0 Å². The maximum absolute atomic E-state index is 14.1. The molecule has 0 spiro atoms. The summed E-state index contributed by atoms with van der Waals surface area (Å²) < 4.78 is 20.9. The second-order valence-electron chi connectivity index (χ2n) is 13.4. The van der Waals surface area contributed by atoms with E-state index in [1.807, 2.05) is 23.9 Å². The number of aromatic carboxylic acids is 1. The molecule has 2 heterocycles. The highest BCUT2D eigenvalue weighted by molar-refractivity contribution is 8.14. The van der Waals surface area contributed by atoms with Gasteiger partial charge < -0.3 is 14.6 Å². The fourth-order valence-corrected chi connectivity index (χ4v) is 10.8. The van der Waals surface area contributed by atoms with E-state index in [2.05, 4.69) is 18.1 Å². The quantitative estimate of drug-likeness (QED) is 0.348. The molecule has 4 aliphatic carbocycles. The largest absolute Gasteiger partial charge is 0.475 e. The number of benzene rings is 1. The van der Waals surface area contributed by atoms with Crippen molar-refractivity contribution < 1.29 is 28.6 Å². The minimum Gasteiger partial charge on any atom is -0.475 e. The molecule has 0 bridgehead atoms. The van der Waals surface area contributed by atoms with E-state index in [-0.39, 0.29) is 45.6 Å². The molecule has 10 heteroatoms. The number of hydrogen-bond acceptors (Lipinski definition) is 7. The van der Waals surface area contributed by atoms with Crippen molar-refractivity contribution in [2.24, 2.45) is 28.6 Å². The Bertz CT molecular complexity index is 1740. The molecule has 228 valence electrons. The Labute approximate surface area is 258 Å². The molecule has 4 aliphatic rings. The van der Waals surface area contributed by atoms with Gasteiger partial charge >= 0.3 is 5.97 Å². The summed E-state index contributed by atoms with van der Waals surface area (Å²) in [6, 6.07) is 9.94. The van der Waals surface area contributed by atoms with Gasteiger partial charge in [0.15, 0.2) is 0 Å². The summed E-state index contributed by atoms with van der Waals surface area (Å²) in [4.78, 5) is 26.4. The fraction of sp³-hybridized carbons (Fsp3) is 0.471. The first-order chi connectivity index (χ1) is 21.0. The molecular weight excluding hydrogens is 581 g/mol. The highest BCUT2D eigenvalue weighted by atomic mass is 32.2. The number of hydrogen-bond donors (Lipinski definition) is 2. The number of carbonyl (C=O) groups excluding carboxylic acids is 1. The van der Waals surface area contributed by atoms with Gasteiger partial charge in [-0.2, -0.15) is 10.4 Å². The number of aliphatic hydroxyl groups is 1. The van der Waals surface area contributed by atoms with Crippen LogP contribution >= 0.6 is 11.8 Å². The van der Waals surface area contributed by atoms with Gasteiger partial charge in [-0.1, -0.05) is 31.2 Å². The molecule has 7 rings (SSSR count). The number of carboxylic acid groups (broad SMARTS) is 1. The predicted molar refractivity (Wildman–Crippen MR) is 161 cm³/mol. The van der Waals surface area contributed by atoms with Gasteiger partial charge in [0.25, 0.3) is 0 Å². The van der Waals surface area contributed by atoms with Crippen molar-refractivity contribution in [2.75, 3.05) is 5.75 Å². The number of thioether (sulfide) groups is 1. The lowest BCUT2D eigenvalue weighted by atomic mass is 9.44. The Kier molecular flexibility index (Phi) is 6.72. The van der Waals surface area contributed by atoms with Crippen LogP contribution in [0, 0.1) is 45.7 Å². The molecule has 3 fully saturated rings. The van der Waals surface area contributed by atoms with Gasteiger partial charge in [-0.3, -0.25) is 4.79 Å². The van der Waals surface area contributed by atoms with Crippen molar-refractivity contribution in [3.05, 3.63) is 76.8 Å². The number of carboxylic acids is 1. The van der Waals surface area contributed by atoms with Crippen molar-refractivity contribution in [3.8, 4) is 11.8 Å². The lowest BCUT2D eigenvalue weighted by molar-refractivity contribution is -0.141. The second-order valence-corrected chi connectivity index (χ2v) is 14.3. The third-order valence-electron chi connectivity index (χ3n) is 11.6. The average molecular weight is 616 g/mol. The highest BCUT2D eigenvalue weighted by Gasteiger charge is 2.70. The third kappa shape index (κ3) is 3.88. The van der Waals surface area contributed by atoms with E-state index < -0.39 is 22.9 Å². The van der Waals surface area contributed by atoms with Gasteiger partial charge in [0, 0.05) is 5.56 Å². The molecule has 44 heavy (non-hydrogen) atoms. The maximum Gasteiger partial charge on any atom is 0.372 e. The Hall–Kier alpha value is -3.68. The van der Waals surface area contributed by atoms with Gasteiger partial charge in [-0.15, -0.1) is 0 Å². The number of aliphatic hydroxyl groups excluding tert-OH is 1. The van der Waals surface area contributed by atoms with E-state index in [9.17, 15) is 29.5 Å². The molecule has 8 nitrogen and oxygen atoms in total. The summed E-state index contributed by atoms with van der Waals surface area (Å²) >= 11 is 0.932. The van der Waals surface area contributed by atoms with Crippen LogP contribution in [0.4, 0.5) is 4.39 Å². The standard InChI is InChI=1S/C34H34FN3O5S/c1-32-16-19-18-37-38(22-6-4-21(35)5-7-22)26(19)15-20(32)3-8-23-24-9-11-34(31(42)44-14-12-36,25-10-13-43-29(25)30(40)41)33(24,2)17-27(39)28(23)32/h4-7,10,13,15,18,23-24,27-28,39H,3,8-9,11,14,16-17H2,1-2H3,(H,40,41)/t23-,24-,27-,28+,32-,33-,34+/m0/s1. The Morgan fingerprint density at radius 2 is 2.00 bits per heavy atom. The summed E-state index contributed by atoms with van der Waals surface area (Å²) in [5.41, 5.74) is 2.23. The zero-order valence-corrected chi connectivity index (χ0v) is 25.4. The number of furan rings is 1. The van der Waals surface area contributed by atoms with Gasteiger partial charge in [0.2, 0.25) is 10.9 Å². The predicted octanol–water partition coefficient (Wildman–Crippen LogP) is 6.18. The SMILES string of the molecule is C[C@]12Cc3cnn(-c4ccc(F)cc4)c3C=C1CC[C@@H]1[C@@H]2[C@@H](O)C[C@@]2(C)[C@H]1CC[C@]2(C(=O)SCC#N)c1ccoc1C(=O)O. The number of nitriles is 1. The summed E-state index contributed by atoms with van der Waals surface area (Å²) in [5.74, 6) is -1.67. The van der Waals surface area contributed by atoms with Crippen molar-refractivity contribution in [2.45, 2.75) is 63.9 Å². The number of carbonyl (C=O) groups is 2. The Morgan fingerprint density at radius 1 is 1.23 bits per heavy atom. The smallest absolute Gasteiger partial charge is 0.372 e. The van der Waals surface area contributed by atoms with Crippen LogP contribution in [0.3, 0.4) is 0 Å². The van der Waals surface area contributed by atoms with E-state index >= 15 is 0 Å². The van der Waals surface area contributed by atoms with Gasteiger partial charge in [-0.05, 0) is 109 Å². The molecule has 1 aromatic carbocycles. The summed E-state index contributed by atoms with van der Waals surface area (Å²) in [7, 11) is 0. The van der Waals surface area contributed by atoms with Crippen LogP contribution in [-0.2, 0) is 16.6 Å². The van der Waals surface area contributed by atoms with Crippen molar-refractivity contribution in [1.29, 1.82) is 5.26 Å². The van der Waals surface area contributed by atoms with Crippen LogP contribution in [0.25, 0.3) is 11.8 Å². The molecule has 3 aromatic rings. The topological polar surface area (TPSA) is 129 Å². The molecule has 0 aliphatic heterocycles. The van der Waals surface area contributed by atoms with Gasteiger partial charge in [0.1, 0.15) is 5.82 Å². The first-order valence-corrected chi connectivity index (χ1v) is 16.1. The zero-order valence-electron chi connectivity index (χ0n) is 24.6. The second kappa shape index (κ2) is 10.2. The first kappa shape index (κ1) is 29.1. The summed E-state index contributed by atoms with van der Waals surface area (Å²) in [5, 5.41) is 35.9. The highest BCUT2D eigenvalue weighted by Crippen LogP contribution is 2.71. The zero-order chi connectivity index (χ0) is 31.0. The number of halogens is 1. The molecule has 0 amide bonds. The van der Waals surface area contributed by atoms with Crippen LogP contribution in [0.5, 0.6) is 0 Å². The molecule has 0 radical (unpaired) electrons. The number of fused-ring (bicyclic) bond motifs is 6. The minimum absolute atomic E-state index is 0.0314. The number of aromatic nitrogens is 2. The monoisotopic (exact) mass is 615 g/mol. The molecule has 2 N–H and O–H groups in total. The van der Waals surface area contributed by atoms with E-state index in [1.165, 1.54) is 24.0 Å². The normalized spacial score (nSPS) is 33.8. The van der Waals surface area contributed by atoms with Crippen LogP contribution in [0.15, 0.2) is 52.8 Å². The van der Waals surface area contributed by atoms with Crippen LogP contribution in [-0.4, -0.2) is 42.9 Å².